The lowest BCUT2D eigenvalue weighted by molar-refractivity contribution is -0.144. The second kappa shape index (κ2) is 11.0. The predicted octanol–water partition coefficient (Wildman–Crippen LogP) is 0.905. The van der Waals surface area contributed by atoms with Crippen LogP contribution in [0.4, 0.5) is 4.79 Å². The van der Waals surface area contributed by atoms with Gasteiger partial charge in [0.25, 0.3) is 0 Å². The number of nitrogens with one attached hydrogen (secondary N) is 1. The number of amides is 4. The van der Waals surface area contributed by atoms with Crippen LogP contribution in [-0.2, 0) is 9.59 Å². The highest BCUT2D eigenvalue weighted by Crippen LogP contribution is 2.38. The normalized spacial score (nSPS) is 30.8. The Hall–Kier alpha value is -1.87. The molecular weight excluding hydrogens is 444 g/mol. The first-order valence-corrected chi connectivity index (χ1v) is 14.1. The van der Waals surface area contributed by atoms with E-state index in [4.69, 9.17) is 0 Å². The monoisotopic (exact) mass is 488 g/mol. The molecule has 4 amide bonds. The summed E-state index contributed by atoms with van der Waals surface area (Å²) in [6, 6.07) is 0.466. The zero-order valence-electron chi connectivity index (χ0n) is 21.5. The number of hydrogen-bond acceptors (Lipinski definition) is 5. The number of nitrogens with zero attached hydrogens (tertiary/aromatic N) is 5. The van der Waals surface area contributed by atoms with Crippen LogP contribution in [0.15, 0.2) is 0 Å². The summed E-state index contributed by atoms with van der Waals surface area (Å²) < 4.78 is 0. The van der Waals surface area contributed by atoms with Crippen molar-refractivity contribution in [2.45, 2.75) is 51.5 Å². The molecule has 0 unspecified atom stereocenters. The highest BCUT2D eigenvalue weighted by molar-refractivity contribution is 5.80. The van der Waals surface area contributed by atoms with E-state index < -0.39 is 0 Å². The van der Waals surface area contributed by atoms with Gasteiger partial charge in [-0.1, -0.05) is 6.92 Å². The second-order valence-electron chi connectivity index (χ2n) is 11.4. The van der Waals surface area contributed by atoms with Gasteiger partial charge < -0.3 is 24.9 Å². The van der Waals surface area contributed by atoms with Gasteiger partial charge in [-0.15, -0.1) is 0 Å². The molecule has 35 heavy (non-hydrogen) atoms. The third kappa shape index (κ3) is 5.61. The molecule has 9 heteroatoms. The Morgan fingerprint density at radius 2 is 1.66 bits per heavy atom. The van der Waals surface area contributed by atoms with E-state index in [0.29, 0.717) is 49.8 Å². The van der Waals surface area contributed by atoms with Crippen LogP contribution < -0.4 is 5.32 Å². The molecule has 5 saturated heterocycles. The van der Waals surface area contributed by atoms with Crippen molar-refractivity contribution in [1.82, 2.24) is 29.8 Å². The first-order chi connectivity index (χ1) is 17.0. The molecule has 9 nitrogen and oxygen atoms in total. The van der Waals surface area contributed by atoms with Crippen molar-refractivity contribution in [2.24, 2.45) is 17.8 Å². The van der Waals surface area contributed by atoms with E-state index >= 15 is 0 Å². The van der Waals surface area contributed by atoms with E-state index in [9.17, 15) is 14.4 Å². The molecule has 0 aromatic carbocycles. The molecule has 196 valence electrons. The summed E-state index contributed by atoms with van der Waals surface area (Å²) in [4.78, 5) is 49.5. The Morgan fingerprint density at radius 1 is 0.914 bits per heavy atom. The van der Waals surface area contributed by atoms with E-state index in [1.807, 2.05) is 9.80 Å². The lowest BCUT2D eigenvalue weighted by atomic mass is 9.76. The number of likely N-dealkylation sites (tertiary alicyclic amines) is 2. The lowest BCUT2D eigenvalue weighted by Crippen LogP contribution is -2.62. The number of piperazine rings is 1. The molecular formula is C26H44N6O3. The summed E-state index contributed by atoms with van der Waals surface area (Å²) in [5, 5.41) is 3.15. The second-order valence-corrected chi connectivity index (χ2v) is 11.4. The Labute approximate surface area is 210 Å². The first kappa shape index (κ1) is 24.8. The Morgan fingerprint density at radius 3 is 2.40 bits per heavy atom. The summed E-state index contributed by atoms with van der Waals surface area (Å²) in [5.74, 6) is 1.31. The van der Waals surface area contributed by atoms with Crippen LogP contribution in [0.3, 0.4) is 0 Å². The van der Waals surface area contributed by atoms with E-state index in [2.05, 4.69) is 26.9 Å². The first-order valence-electron chi connectivity index (χ1n) is 14.1. The van der Waals surface area contributed by atoms with Gasteiger partial charge in [-0.2, -0.15) is 0 Å². The fourth-order valence-corrected chi connectivity index (χ4v) is 7.11. The van der Waals surface area contributed by atoms with Crippen LogP contribution in [0.5, 0.6) is 0 Å². The summed E-state index contributed by atoms with van der Waals surface area (Å²) in [6.45, 7) is 13.0. The highest BCUT2D eigenvalue weighted by atomic mass is 16.2. The van der Waals surface area contributed by atoms with Crippen LogP contribution in [0.25, 0.3) is 0 Å². The van der Waals surface area contributed by atoms with Gasteiger partial charge in [0.15, 0.2) is 0 Å². The van der Waals surface area contributed by atoms with Crippen LogP contribution in [0, 0.1) is 17.8 Å². The van der Waals surface area contributed by atoms with Gasteiger partial charge >= 0.3 is 6.03 Å². The smallest absolute Gasteiger partial charge is 0.320 e. The van der Waals surface area contributed by atoms with Gasteiger partial charge in [0.2, 0.25) is 11.8 Å². The quantitative estimate of drug-likeness (QED) is 0.622. The maximum absolute atomic E-state index is 13.3. The summed E-state index contributed by atoms with van der Waals surface area (Å²) >= 11 is 0. The standard InChI is InChI=1S/C26H44N6O3/c1-2-28-12-14-29(15-13-28)11-8-27-25(34)21-6-9-30(10-7-21)26(35)31-17-20-16-22(19-31)23-4-3-5-24(33)32(23)18-20/h20-23H,2-19H2,1H3,(H,27,34)/t20-,22+,23+/m0/s1. The van der Waals surface area contributed by atoms with Gasteiger partial charge in [0.1, 0.15) is 0 Å². The summed E-state index contributed by atoms with van der Waals surface area (Å²) in [7, 11) is 0. The minimum Gasteiger partial charge on any atom is -0.355 e. The molecule has 5 fully saturated rings. The van der Waals surface area contributed by atoms with Crippen LogP contribution in [0.2, 0.25) is 0 Å². The van der Waals surface area contributed by atoms with Crippen LogP contribution in [0.1, 0.15) is 45.4 Å². The highest BCUT2D eigenvalue weighted by Gasteiger charge is 2.45. The van der Waals surface area contributed by atoms with E-state index in [1.54, 1.807) is 0 Å². The number of likely N-dealkylation sites (N-methyl/N-ethyl adjacent to an activating group) is 1. The number of urea groups is 1. The Kier molecular flexibility index (Phi) is 7.82. The number of hydrogen-bond donors (Lipinski definition) is 1. The zero-order valence-corrected chi connectivity index (χ0v) is 21.5. The van der Waals surface area contributed by atoms with Crippen molar-refractivity contribution in [3.8, 4) is 0 Å². The fraction of sp³-hybridized carbons (Fsp3) is 0.885. The molecule has 3 atom stereocenters. The van der Waals surface area contributed by atoms with Crippen molar-refractivity contribution >= 4 is 17.8 Å². The van der Waals surface area contributed by atoms with E-state index in [-0.39, 0.29) is 17.9 Å². The van der Waals surface area contributed by atoms with E-state index in [1.165, 1.54) is 0 Å². The van der Waals surface area contributed by atoms with Crippen LogP contribution >= 0.6 is 0 Å². The third-order valence-electron chi connectivity index (χ3n) is 9.23. The van der Waals surface area contributed by atoms with Gasteiger partial charge in [-0.05, 0) is 50.5 Å². The van der Waals surface area contributed by atoms with Crippen molar-refractivity contribution in [2.75, 3.05) is 78.5 Å². The van der Waals surface area contributed by atoms with Crippen molar-refractivity contribution in [3.63, 3.8) is 0 Å². The third-order valence-corrected chi connectivity index (χ3v) is 9.23. The van der Waals surface area contributed by atoms with Crippen molar-refractivity contribution in [1.29, 1.82) is 0 Å². The molecule has 1 N–H and O–H groups in total. The maximum Gasteiger partial charge on any atom is 0.320 e. The molecule has 0 radical (unpaired) electrons. The molecule has 2 bridgehead atoms. The zero-order chi connectivity index (χ0) is 24.4. The van der Waals surface area contributed by atoms with E-state index in [0.717, 1.165) is 91.0 Å². The molecule has 5 aliphatic heterocycles. The predicted molar refractivity (Wildman–Crippen MR) is 134 cm³/mol. The largest absolute Gasteiger partial charge is 0.355 e. The lowest BCUT2D eigenvalue weighted by Gasteiger charge is -2.53. The minimum atomic E-state index is 0.0125. The fourth-order valence-electron chi connectivity index (χ4n) is 7.11. The van der Waals surface area contributed by atoms with Gasteiger partial charge in [0, 0.05) is 90.4 Å². The van der Waals surface area contributed by atoms with Gasteiger partial charge in [0.05, 0.1) is 0 Å². The number of carbonyl (C=O) groups excluding carboxylic acids is 3. The average Bonchev–Trinajstić information content (AvgIpc) is 2.89. The number of fused-ring (bicyclic) bond motifs is 4. The number of rotatable bonds is 5. The van der Waals surface area contributed by atoms with Gasteiger partial charge in [-0.3, -0.25) is 14.5 Å². The van der Waals surface area contributed by atoms with Crippen molar-refractivity contribution < 1.29 is 14.4 Å². The molecule has 5 heterocycles. The summed E-state index contributed by atoms with van der Waals surface area (Å²) in [6.07, 6.45) is 5.41. The molecule has 5 rings (SSSR count). The maximum atomic E-state index is 13.3. The van der Waals surface area contributed by atoms with Crippen LogP contribution in [-0.4, -0.2) is 127 Å². The Bertz CT molecular complexity index is 777. The molecule has 0 aromatic rings. The SMILES string of the molecule is CCN1CCN(CCNC(=O)C2CCN(C(=O)N3C[C@@H]4C[C@H](C3)[C@H]3CCCC(=O)N3C4)CC2)CC1. The molecule has 0 aromatic heterocycles. The number of carbonyl (C=O) groups is 3. The molecule has 5 aliphatic rings. The van der Waals surface area contributed by atoms with Crippen molar-refractivity contribution in [3.05, 3.63) is 0 Å². The molecule has 0 saturated carbocycles. The average molecular weight is 489 g/mol. The number of piperidine rings is 4. The molecule has 0 aliphatic carbocycles. The minimum absolute atomic E-state index is 0.0125. The van der Waals surface area contributed by atoms with Gasteiger partial charge in [-0.25, -0.2) is 4.79 Å². The topological polar surface area (TPSA) is 79.4 Å². The Balaban J connectivity index is 1.03. The molecule has 0 spiro atoms. The summed E-state index contributed by atoms with van der Waals surface area (Å²) in [5.41, 5.74) is 0.